The number of benzene rings is 1. The summed E-state index contributed by atoms with van der Waals surface area (Å²) < 4.78 is 13.3. The Bertz CT molecular complexity index is 283. The first kappa shape index (κ1) is 10.2. The summed E-state index contributed by atoms with van der Waals surface area (Å²) in [5.41, 5.74) is 0.219. The lowest BCUT2D eigenvalue weighted by Gasteiger charge is -2.05. The molecule has 0 radical (unpaired) electrons. The van der Waals surface area contributed by atoms with Gasteiger partial charge in [0.25, 0.3) is 0 Å². The molecule has 1 aromatic carbocycles. The molecule has 0 bridgehead atoms. The lowest BCUT2D eigenvalue weighted by molar-refractivity contribution is 0.425. The third-order valence-corrected chi connectivity index (χ3v) is 2.61. The van der Waals surface area contributed by atoms with Crippen molar-refractivity contribution in [1.29, 1.82) is 0 Å². The molecule has 0 aromatic heterocycles. The van der Waals surface area contributed by atoms with Gasteiger partial charge >= 0.3 is 7.12 Å². The van der Waals surface area contributed by atoms with Crippen molar-refractivity contribution in [1.82, 2.24) is 0 Å². The Morgan fingerprint density at radius 3 is 1.92 bits per heavy atom. The van der Waals surface area contributed by atoms with E-state index in [0.29, 0.717) is 8.95 Å². The quantitative estimate of drug-likeness (QED) is 0.760. The van der Waals surface area contributed by atoms with Crippen LogP contribution in [0, 0.1) is 5.82 Å². The van der Waals surface area contributed by atoms with Gasteiger partial charge in [0.05, 0.1) is 0 Å². The molecule has 12 heavy (non-hydrogen) atoms. The normalized spacial score (nSPS) is 10.1. The highest BCUT2D eigenvalue weighted by Crippen LogP contribution is 2.17. The van der Waals surface area contributed by atoms with Crippen LogP contribution in [0.1, 0.15) is 0 Å². The van der Waals surface area contributed by atoms with E-state index in [1.54, 1.807) is 0 Å². The molecule has 0 amide bonds. The fraction of sp³-hybridized carbons (Fsp3) is 0. The SMILES string of the molecule is OB(O)c1c(Br)cc(F)cc1Br. The third kappa shape index (κ3) is 2.07. The Morgan fingerprint density at radius 2 is 1.58 bits per heavy atom. The van der Waals surface area contributed by atoms with Crippen LogP contribution in [0.15, 0.2) is 21.1 Å². The predicted octanol–water partition coefficient (Wildman–Crippen LogP) is 1.03. The fourth-order valence-corrected chi connectivity index (χ4v) is 2.34. The van der Waals surface area contributed by atoms with E-state index in [2.05, 4.69) is 31.9 Å². The maximum absolute atomic E-state index is 12.6. The zero-order valence-electron chi connectivity index (χ0n) is 5.76. The minimum atomic E-state index is -1.62. The number of hydrogen-bond acceptors (Lipinski definition) is 2. The van der Waals surface area contributed by atoms with Gasteiger partial charge in [-0.2, -0.15) is 0 Å². The summed E-state index contributed by atoms with van der Waals surface area (Å²) in [5.74, 6) is -0.446. The Kier molecular flexibility index (Phi) is 3.28. The Labute approximate surface area is 85.8 Å². The molecule has 0 aliphatic heterocycles. The summed E-state index contributed by atoms with van der Waals surface area (Å²) in [5, 5.41) is 17.7. The largest absolute Gasteiger partial charge is 0.490 e. The number of hydrogen-bond donors (Lipinski definition) is 2. The molecule has 0 atom stereocenters. The molecule has 0 heterocycles. The second-order valence-corrected chi connectivity index (χ2v) is 3.87. The highest BCUT2D eigenvalue weighted by molar-refractivity contribution is 9.11. The van der Waals surface area contributed by atoms with Crippen LogP contribution in [0.2, 0.25) is 0 Å². The molecular formula is C6H4BBr2FO2. The van der Waals surface area contributed by atoms with E-state index >= 15 is 0 Å². The smallest absolute Gasteiger partial charge is 0.423 e. The van der Waals surface area contributed by atoms with E-state index in [4.69, 9.17) is 10.0 Å². The van der Waals surface area contributed by atoms with Crippen molar-refractivity contribution in [2.24, 2.45) is 0 Å². The van der Waals surface area contributed by atoms with Crippen molar-refractivity contribution in [2.75, 3.05) is 0 Å². The standard InChI is InChI=1S/C6H4BBr2FO2/c8-4-1-3(10)2-5(9)6(4)7(11)12/h1-2,11-12H. The molecule has 0 aliphatic rings. The van der Waals surface area contributed by atoms with Gasteiger partial charge in [-0.3, -0.25) is 0 Å². The summed E-state index contributed by atoms with van der Waals surface area (Å²) in [6, 6.07) is 2.33. The first-order valence-electron chi connectivity index (χ1n) is 3.03. The van der Waals surface area contributed by atoms with Crippen molar-refractivity contribution in [3.05, 3.63) is 26.9 Å². The minimum Gasteiger partial charge on any atom is -0.423 e. The highest BCUT2D eigenvalue weighted by atomic mass is 79.9. The molecular weight excluding hydrogens is 294 g/mol. The highest BCUT2D eigenvalue weighted by Gasteiger charge is 2.19. The van der Waals surface area contributed by atoms with Crippen molar-refractivity contribution in [3.63, 3.8) is 0 Å². The van der Waals surface area contributed by atoms with Gasteiger partial charge in [0.2, 0.25) is 0 Å². The van der Waals surface area contributed by atoms with Crippen molar-refractivity contribution in [2.45, 2.75) is 0 Å². The zero-order chi connectivity index (χ0) is 9.30. The van der Waals surface area contributed by atoms with Crippen LogP contribution in [0.25, 0.3) is 0 Å². The fourth-order valence-electron chi connectivity index (χ4n) is 0.800. The van der Waals surface area contributed by atoms with Crippen LogP contribution in [0.5, 0.6) is 0 Å². The Balaban J connectivity index is 3.28. The second-order valence-electron chi connectivity index (χ2n) is 2.16. The van der Waals surface area contributed by atoms with E-state index in [0.717, 1.165) is 0 Å². The average molecular weight is 298 g/mol. The molecule has 0 spiro atoms. The molecule has 0 fully saturated rings. The average Bonchev–Trinajstić information content (AvgIpc) is 1.82. The number of halogens is 3. The Morgan fingerprint density at radius 1 is 1.17 bits per heavy atom. The zero-order valence-corrected chi connectivity index (χ0v) is 8.93. The van der Waals surface area contributed by atoms with Crippen molar-refractivity contribution in [3.8, 4) is 0 Å². The lowest BCUT2D eigenvalue weighted by atomic mass is 9.80. The predicted molar refractivity (Wildman–Crippen MR) is 51.6 cm³/mol. The van der Waals surface area contributed by atoms with Gasteiger partial charge in [-0.15, -0.1) is 0 Å². The van der Waals surface area contributed by atoms with E-state index in [1.165, 1.54) is 12.1 Å². The van der Waals surface area contributed by atoms with Crippen LogP contribution in [0.3, 0.4) is 0 Å². The molecule has 1 rings (SSSR count). The molecule has 2 N–H and O–H groups in total. The second kappa shape index (κ2) is 3.87. The van der Waals surface area contributed by atoms with E-state index in [9.17, 15) is 4.39 Å². The molecule has 64 valence electrons. The first-order chi connectivity index (χ1) is 5.52. The molecule has 0 unspecified atom stereocenters. The van der Waals surface area contributed by atoms with Crippen molar-refractivity contribution < 1.29 is 14.4 Å². The van der Waals surface area contributed by atoms with Crippen LogP contribution in [-0.4, -0.2) is 17.2 Å². The molecule has 1 aromatic rings. The van der Waals surface area contributed by atoms with E-state index in [1.807, 2.05) is 0 Å². The van der Waals surface area contributed by atoms with Gasteiger partial charge in [-0.25, -0.2) is 4.39 Å². The van der Waals surface area contributed by atoms with E-state index < -0.39 is 12.9 Å². The minimum absolute atomic E-state index is 0.219. The van der Waals surface area contributed by atoms with E-state index in [-0.39, 0.29) is 5.46 Å². The van der Waals surface area contributed by atoms with Gasteiger partial charge in [0, 0.05) is 14.4 Å². The molecule has 2 nitrogen and oxygen atoms in total. The van der Waals surface area contributed by atoms with Gasteiger partial charge in [-0.1, -0.05) is 31.9 Å². The maximum atomic E-state index is 12.6. The summed E-state index contributed by atoms with van der Waals surface area (Å²) >= 11 is 6.02. The van der Waals surface area contributed by atoms with Crippen LogP contribution in [0.4, 0.5) is 4.39 Å². The number of rotatable bonds is 1. The van der Waals surface area contributed by atoms with Crippen LogP contribution < -0.4 is 5.46 Å². The Hall–Kier alpha value is 0.0949. The summed E-state index contributed by atoms with van der Waals surface area (Å²) in [6.07, 6.45) is 0. The molecule has 0 saturated carbocycles. The maximum Gasteiger partial charge on any atom is 0.490 e. The topological polar surface area (TPSA) is 40.5 Å². The van der Waals surface area contributed by atoms with Gasteiger partial charge in [-0.05, 0) is 12.1 Å². The van der Waals surface area contributed by atoms with Gasteiger partial charge in [0.15, 0.2) is 0 Å². The monoisotopic (exact) mass is 296 g/mol. The molecule has 0 aliphatic carbocycles. The van der Waals surface area contributed by atoms with Gasteiger partial charge in [0.1, 0.15) is 5.82 Å². The summed E-state index contributed by atoms with van der Waals surface area (Å²) in [6.45, 7) is 0. The van der Waals surface area contributed by atoms with Crippen LogP contribution >= 0.6 is 31.9 Å². The van der Waals surface area contributed by atoms with Crippen molar-refractivity contribution >= 4 is 44.4 Å². The molecule has 0 saturated heterocycles. The lowest BCUT2D eigenvalue weighted by Crippen LogP contribution is -2.32. The third-order valence-electron chi connectivity index (χ3n) is 1.30. The van der Waals surface area contributed by atoms with Gasteiger partial charge < -0.3 is 10.0 Å². The first-order valence-corrected chi connectivity index (χ1v) is 4.61. The van der Waals surface area contributed by atoms with Crippen LogP contribution in [-0.2, 0) is 0 Å². The molecule has 6 heteroatoms. The summed E-state index contributed by atoms with van der Waals surface area (Å²) in [4.78, 5) is 0. The summed E-state index contributed by atoms with van der Waals surface area (Å²) in [7, 11) is -1.62.